The number of halogens is 2. The van der Waals surface area contributed by atoms with E-state index in [0.29, 0.717) is 48.8 Å². The summed E-state index contributed by atoms with van der Waals surface area (Å²) < 4.78 is 19.0. The van der Waals surface area contributed by atoms with E-state index in [4.69, 9.17) is 37.4 Å². The average molecular weight is 624 g/mol. The smallest absolute Gasteiger partial charge is 0.338 e. The molecule has 1 aliphatic rings. The maximum absolute atomic E-state index is 13.9. The summed E-state index contributed by atoms with van der Waals surface area (Å²) in [4.78, 5) is 32.1. The lowest BCUT2D eigenvalue weighted by Crippen LogP contribution is -2.39. The fourth-order valence-electron chi connectivity index (χ4n) is 4.67. The van der Waals surface area contributed by atoms with Crippen LogP contribution in [-0.2, 0) is 16.1 Å². The average Bonchev–Trinajstić information content (AvgIpc) is 3.26. The highest BCUT2D eigenvalue weighted by atomic mass is 35.5. The highest BCUT2D eigenvalue weighted by Gasteiger charge is 2.33. The van der Waals surface area contributed by atoms with Gasteiger partial charge in [0.1, 0.15) is 18.1 Å². The molecule has 0 fully saturated rings. The number of benzene rings is 3. The second-order valence-corrected chi connectivity index (χ2v) is 11.3. The first-order valence-corrected chi connectivity index (χ1v) is 15.0. The molecule has 1 aromatic heterocycles. The topological polar surface area (TPSA) is 79.1 Å². The third kappa shape index (κ3) is 6.31. The van der Waals surface area contributed by atoms with Gasteiger partial charge >= 0.3 is 5.97 Å². The summed E-state index contributed by atoms with van der Waals surface area (Å²) in [5, 5.41) is 1.08. The zero-order valence-electron chi connectivity index (χ0n) is 23.2. The van der Waals surface area contributed by atoms with Crippen molar-refractivity contribution in [3.63, 3.8) is 0 Å². The van der Waals surface area contributed by atoms with Crippen molar-refractivity contribution in [3.8, 4) is 11.5 Å². The van der Waals surface area contributed by atoms with E-state index >= 15 is 0 Å². The monoisotopic (exact) mass is 622 g/mol. The van der Waals surface area contributed by atoms with Gasteiger partial charge in [-0.05, 0) is 74.4 Å². The summed E-state index contributed by atoms with van der Waals surface area (Å²) in [6, 6.07) is 19.4. The van der Waals surface area contributed by atoms with Gasteiger partial charge in [-0.1, -0.05) is 64.9 Å². The number of allylic oxidation sites excluding steroid dienone is 1. The van der Waals surface area contributed by atoms with E-state index in [0.717, 1.165) is 16.7 Å². The maximum atomic E-state index is 13.9. The number of carbonyl (C=O) groups excluding carboxylic acids is 1. The molecule has 0 saturated carbocycles. The lowest BCUT2D eigenvalue weighted by molar-refractivity contribution is -0.139. The minimum absolute atomic E-state index is 0.207. The number of thiazole rings is 1. The number of hydrogen-bond donors (Lipinski definition) is 0. The SMILES string of the molecule is CCOC(=O)C1=C(C)N=c2s/c(=C\c3cccc(OCc4ccc(Cl)cc4Cl)c3)c(=O)n2[C@@H]1c1ccc(OCC)cc1. The Morgan fingerprint density at radius 2 is 1.79 bits per heavy atom. The van der Waals surface area contributed by atoms with Gasteiger partial charge in [0.2, 0.25) is 0 Å². The first-order valence-electron chi connectivity index (χ1n) is 13.4. The van der Waals surface area contributed by atoms with Crippen molar-refractivity contribution in [1.29, 1.82) is 0 Å². The molecule has 42 heavy (non-hydrogen) atoms. The third-order valence-corrected chi connectivity index (χ3v) is 8.16. The molecule has 1 aliphatic heterocycles. The van der Waals surface area contributed by atoms with Gasteiger partial charge in [-0.2, -0.15) is 0 Å². The Morgan fingerprint density at radius 3 is 2.50 bits per heavy atom. The van der Waals surface area contributed by atoms with Gasteiger partial charge in [0.25, 0.3) is 5.56 Å². The summed E-state index contributed by atoms with van der Waals surface area (Å²) in [5.41, 5.74) is 2.92. The first-order chi connectivity index (χ1) is 20.3. The van der Waals surface area contributed by atoms with Crippen molar-refractivity contribution in [1.82, 2.24) is 4.57 Å². The van der Waals surface area contributed by atoms with Crippen LogP contribution in [0.15, 0.2) is 87.8 Å². The molecule has 0 aliphatic carbocycles. The Bertz CT molecular complexity index is 1840. The van der Waals surface area contributed by atoms with Gasteiger partial charge in [-0.3, -0.25) is 9.36 Å². The number of hydrogen-bond acceptors (Lipinski definition) is 7. The molecule has 4 aromatic rings. The number of aromatic nitrogens is 1. The van der Waals surface area contributed by atoms with Crippen LogP contribution in [0, 0.1) is 0 Å². The number of ether oxygens (including phenoxy) is 3. The highest BCUT2D eigenvalue weighted by Crippen LogP contribution is 2.32. The van der Waals surface area contributed by atoms with Crippen molar-refractivity contribution in [2.24, 2.45) is 4.99 Å². The number of nitrogens with zero attached hydrogens (tertiary/aromatic N) is 2. The lowest BCUT2D eigenvalue weighted by Gasteiger charge is -2.24. The van der Waals surface area contributed by atoms with E-state index in [-0.39, 0.29) is 18.8 Å². The minimum atomic E-state index is -0.697. The standard InChI is InChI=1S/C32H28Cl2N2O5S/c1-4-39-24-13-10-21(11-14-24)29-28(31(38)40-5-2)19(3)35-32-36(29)30(37)27(42-32)16-20-7-6-8-25(15-20)41-18-22-9-12-23(33)17-26(22)34/h6-17,29H,4-5,18H2,1-3H3/b27-16-/t29-/m1/s1. The quantitative estimate of drug-likeness (QED) is 0.211. The van der Waals surface area contributed by atoms with Crippen LogP contribution in [0.2, 0.25) is 10.0 Å². The second kappa shape index (κ2) is 13.0. The molecule has 216 valence electrons. The molecular weight excluding hydrogens is 595 g/mol. The summed E-state index contributed by atoms with van der Waals surface area (Å²) in [6.07, 6.45) is 1.80. The zero-order valence-corrected chi connectivity index (χ0v) is 25.6. The predicted molar refractivity (Wildman–Crippen MR) is 165 cm³/mol. The van der Waals surface area contributed by atoms with E-state index in [2.05, 4.69) is 4.99 Å². The van der Waals surface area contributed by atoms with Gasteiger partial charge in [0, 0.05) is 15.6 Å². The number of fused-ring (bicyclic) bond motifs is 1. The zero-order chi connectivity index (χ0) is 29.8. The molecular formula is C32H28Cl2N2O5S. The third-order valence-electron chi connectivity index (χ3n) is 6.59. The molecule has 0 N–H and O–H groups in total. The van der Waals surface area contributed by atoms with Crippen LogP contribution < -0.4 is 24.4 Å². The lowest BCUT2D eigenvalue weighted by atomic mass is 9.96. The van der Waals surface area contributed by atoms with Gasteiger partial charge < -0.3 is 14.2 Å². The Balaban J connectivity index is 1.52. The van der Waals surface area contributed by atoms with Crippen LogP contribution >= 0.6 is 34.5 Å². The van der Waals surface area contributed by atoms with Crippen molar-refractivity contribution >= 4 is 46.6 Å². The fourth-order valence-corrected chi connectivity index (χ4v) is 6.17. The van der Waals surface area contributed by atoms with Crippen molar-refractivity contribution in [2.75, 3.05) is 13.2 Å². The molecule has 0 unspecified atom stereocenters. The number of rotatable bonds is 9. The van der Waals surface area contributed by atoms with Crippen LogP contribution in [0.5, 0.6) is 11.5 Å². The molecule has 0 spiro atoms. The van der Waals surface area contributed by atoms with Crippen molar-refractivity contribution in [3.05, 3.63) is 124 Å². The molecule has 0 amide bonds. The van der Waals surface area contributed by atoms with Gasteiger partial charge in [-0.15, -0.1) is 0 Å². The summed E-state index contributed by atoms with van der Waals surface area (Å²) in [6.45, 7) is 6.42. The molecule has 1 atom stereocenters. The van der Waals surface area contributed by atoms with Crippen molar-refractivity contribution < 1.29 is 19.0 Å². The van der Waals surface area contributed by atoms with Gasteiger partial charge in [0.05, 0.1) is 35.1 Å². The second-order valence-electron chi connectivity index (χ2n) is 9.40. The Labute approximate surface area is 256 Å². The van der Waals surface area contributed by atoms with Gasteiger partial charge in [-0.25, -0.2) is 9.79 Å². The van der Waals surface area contributed by atoms with E-state index in [9.17, 15) is 9.59 Å². The summed E-state index contributed by atoms with van der Waals surface area (Å²) in [5.74, 6) is 0.820. The molecule has 7 nitrogen and oxygen atoms in total. The largest absolute Gasteiger partial charge is 0.494 e. The van der Waals surface area contributed by atoms with Crippen LogP contribution in [-0.4, -0.2) is 23.8 Å². The van der Waals surface area contributed by atoms with Crippen LogP contribution in [0.1, 0.15) is 43.5 Å². The molecule has 2 heterocycles. The van der Waals surface area contributed by atoms with E-state index in [1.54, 1.807) is 36.6 Å². The van der Waals surface area contributed by atoms with E-state index < -0.39 is 12.0 Å². The molecule has 5 rings (SSSR count). The highest BCUT2D eigenvalue weighted by molar-refractivity contribution is 7.07. The van der Waals surface area contributed by atoms with E-state index in [1.807, 2.05) is 61.5 Å². The fraction of sp³-hybridized carbons (Fsp3) is 0.219. The van der Waals surface area contributed by atoms with E-state index in [1.165, 1.54) is 11.3 Å². The molecule has 0 radical (unpaired) electrons. The normalized spacial score (nSPS) is 14.8. The first kappa shape index (κ1) is 29.6. The summed E-state index contributed by atoms with van der Waals surface area (Å²) >= 11 is 13.5. The Hall–Kier alpha value is -3.85. The predicted octanol–water partition coefficient (Wildman–Crippen LogP) is 6.08. The Morgan fingerprint density at radius 1 is 1.00 bits per heavy atom. The molecule has 3 aromatic carbocycles. The number of esters is 1. The van der Waals surface area contributed by atoms with Crippen LogP contribution in [0.3, 0.4) is 0 Å². The van der Waals surface area contributed by atoms with Crippen molar-refractivity contribution in [2.45, 2.75) is 33.4 Å². The van der Waals surface area contributed by atoms with Gasteiger partial charge in [0.15, 0.2) is 4.80 Å². The maximum Gasteiger partial charge on any atom is 0.338 e. The molecule has 0 bridgehead atoms. The summed E-state index contributed by atoms with van der Waals surface area (Å²) in [7, 11) is 0. The van der Waals surface area contributed by atoms with Crippen LogP contribution in [0.25, 0.3) is 6.08 Å². The minimum Gasteiger partial charge on any atom is -0.494 e. The number of carbonyl (C=O) groups is 1. The molecule has 0 saturated heterocycles. The molecule has 10 heteroatoms. The van der Waals surface area contributed by atoms with Crippen LogP contribution in [0.4, 0.5) is 0 Å². The Kier molecular flexibility index (Phi) is 9.16.